The van der Waals surface area contributed by atoms with Crippen molar-refractivity contribution >= 4 is 0 Å². The summed E-state index contributed by atoms with van der Waals surface area (Å²) < 4.78 is 11.9. The average Bonchev–Trinajstić information content (AvgIpc) is 2.60. The maximum absolute atomic E-state index is 11.9. The molecule has 2 unspecified atom stereocenters. The standard InChI is InChI=1S/C12H22.C11H23F/c1-5-8-10-12(9-6-2)11(4)7-3;1-3-5-8-11(7-4-2)9-6-10-12/h5,8,10-11H,6-7,9H2,1-4H3;11H,3-10H2,1-2H3/b8-5-,12-10-;. The Balaban J connectivity index is 0. The first-order valence-corrected chi connectivity index (χ1v) is 10.5. The Morgan fingerprint density at radius 2 is 1.58 bits per heavy atom. The molecule has 0 amide bonds. The molecule has 0 spiro atoms. The number of hydrogen-bond acceptors (Lipinski definition) is 0. The summed E-state index contributed by atoms with van der Waals surface area (Å²) in [6.45, 7) is 13.2. The highest BCUT2D eigenvalue weighted by Crippen LogP contribution is 2.20. The maximum atomic E-state index is 11.9. The lowest BCUT2D eigenvalue weighted by atomic mass is 9.93. The molecule has 0 aromatic heterocycles. The van der Waals surface area contributed by atoms with Gasteiger partial charge in [-0.25, -0.2) is 0 Å². The number of allylic oxidation sites excluding steroid dienone is 4. The second-order valence-electron chi connectivity index (χ2n) is 6.95. The van der Waals surface area contributed by atoms with E-state index in [0.717, 1.165) is 24.7 Å². The monoisotopic (exact) mass is 340 g/mol. The van der Waals surface area contributed by atoms with E-state index in [0.29, 0.717) is 0 Å². The van der Waals surface area contributed by atoms with Gasteiger partial charge < -0.3 is 0 Å². The van der Waals surface area contributed by atoms with E-state index >= 15 is 0 Å². The van der Waals surface area contributed by atoms with Crippen LogP contribution in [0.3, 0.4) is 0 Å². The van der Waals surface area contributed by atoms with E-state index in [-0.39, 0.29) is 6.67 Å². The SMILES string of the molecule is C/C=C\C=C(\CCC)C(C)CC.CCCCC(CCC)CCCF. The largest absolute Gasteiger partial charge is 0.251 e. The van der Waals surface area contributed by atoms with Crippen molar-refractivity contribution in [2.24, 2.45) is 11.8 Å². The van der Waals surface area contributed by atoms with Gasteiger partial charge in [0.15, 0.2) is 0 Å². The van der Waals surface area contributed by atoms with Gasteiger partial charge in [-0.05, 0) is 44.4 Å². The fourth-order valence-electron chi connectivity index (χ4n) is 2.96. The molecule has 24 heavy (non-hydrogen) atoms. The second kappa shape index (κ2) is 20.5. The Morgan fingerprint density at radius 1 is 0.917 bits per heavy atom. The smallest absolute Gasteiger partial charge is 0.0894 e. The topological polar surface area (TPSA) is 0 Å². The van der Waals surface area contributed by atoms with Crippen LogP contribution in [0.25, 0.3) is 0 Å². The summed E-state index contributed by atoms with van der Waals surface area (Å²) in [5, 5.41) is 0. The zero-order valence-electron chi connectivity index (χ0n) is 17.5. The van der Waals surface area contributed by atoms with Crippen LogP contribution in [-0.4, -0.2) is 6.67 Å². The molecule has 0 aromatic rings. The summed E-state index contributed by atoms with van der Waals surface area (Å²) in [7, 11) is 0. The third-order valence-electron chi connectivity index (χ3n) is 4.70. The van der Waals surface area contributed by atoms with Gasteiger partial charge in [0.25, 0.3) is 0 Å². The third-order valence-corrected chi connectivity index (χ3v) is 4.70. The van der Waals surface area contributed by atoms with E-state index in [4.69, 9.17) is 0 Å². The quantitative estimate of drug-likeness (QED) is 0.294. The number of halogens is 1. The lowest BCUT2D eigenvalue weighted by molar-refractivity contribution is 0.359. The molecule has 144 valence electrons. The molecule has 1 heteroatoms. The summed E-state index contributed by atoms with van der Waals surface area (Å²) in [6, 6.07) is 0. The second-order valence-corrected chi connectivity index (χ2v) is 6.95. The molecule has 0 fully saturated rings. The molecule has 0 bridgehead atoms. The minimum Gasteiger partial charge on any atom is -0.251 e. The summed E-state index contributed by atoms with van der Waals surface area (Å²) >= 11 is 0. The van der Waals surface area contributed by atoms with Gasteiger partial charge in [-0.15, -0.1) is 0 Å². The molecule has 0 rings (SSSR count). The van der Waals surface area contributed by atoms with Gasteiger partial charge in [0.05, 0.1) is 6.67 Å². The van der Waals surface area contributed by atoms with Gasteiger partial charge in [0, 0.05) is 0 Å². The fraction of sp³-hybridized carbons (Fsp3) is 0.826. The summed E-state index contributed by atoms with van der Waals surface area (Å²) in [6.07, 6.45) is 18.6. The van der Waals surface area contributed by atoms with Crippen molar-refractivity contribution in [1.82, 2.24) is 0 Å². The molecule has 0 aromatic carbocycles. The van der Waals surface area contributed by atoms with E-state index < -0.39 is 0 Å². The highest BCUT2D eigenvalue weighted by molar-refractivity contribution is 5.14. The summed E-state index contributed by atoms with van der Waals surface area (Å²) in [5.41, 5.74) is 1.60. The van der Waals surface area contributed by atoms with E-state index in [1.807, 2.05) is 0 Å². The maximum Gasteiger partial charge on any atom is 0.0894 e. The van der Waals surface area contributed by atoms with Gasteiger partial charge in [0.1, 0.15) is 0 Å². The van der Waals surface area contributed by atoms with Crippen LogP contribution in [0.15, 0.2) is 23.8 Å². The lowest BCUT2D eigenvalue weighted by Gasteiger charge is -2.14. The molecule has 2 atom stereocenters. The molecule has 0 nitrogen and oxygen atoms in total. The van der Waals surface area contributed by atoms with Gasteiger partial charge in [-0.3, -0.25) is 4.39 Å². The van der Waals surface area contributed by atoms with Crippen LogP contribution >= 0.6 is 0 Å². The van der Waals surface area contributed by atoms with Gasteiger partial charge >= 0.3 is 0 Å². The van der Waals surface area contributed by atoms with Crippen LogP contribution in [0.2, 0.25) is 0 Å². The normalized spacial score (nSPS) is 14.4. The molecular formula is C23H45F. The average molecular weight is 341 g/mol. The highest BCUT2D eigenvalue weighted by atomic mass is 19.1. The first-order valence-electron chi connectivity index (χ1n) is 10.5. The molecular weight excluding hydrogens is 295 g/mol. The van der Waals surface area contributed by atoms with Gasteiger partial charge in [0.2, 0.25) is 0 Å². The molecule has 0 radical (unpaired) electrons. The summed E-state index contributed by atoms with van der Waals surface area (Å²) in [4.78, 5) is 0. The molecule has 0 saturated carbocycles. The van der Waals surface area contributed by atoms with Crippen LogP contribution < -0.4 is 0 Å². The van der Waals surface area contributed by atoms with E-state index in [2.05, 4.69) is 59.8 Å². The predicted molar refractivity (Wildman–Crippen MR) is 110 cm³/mol. The van der Waals surface area contributed by atoms with Crippen molar-refractivity contribution in [3.63, 3.8) is 0 Å². The van der Waals surface area contributed by atoms with Gasteiger partial charge in [-0.1, -0.05) is 96.9 Å². The molecule has 0 saturated heterocycles. The van der Waals surface area contributed by atoms with Crippen LogP contribution in [0.1, 0.15) is 106 Å². The molecule has 0 aliphatic heterocycles. The molecule has 0 aliphatic rings. The van der Waals surface area contributed by atoms with Crippen molar-refractivity contribution in [3.05, 3.63) is 23.8 Å². The molecule has 0 heterocycles. The number of unbranched alkanes of at least 4 members (excludes halogenated alkanes) is 1. The number of rotatable bonds is 13. The van der Waals surface area contributed by atoms with Crippen LogP contribution in [0.5, 0.6) is 0 Å². The predicted octanol–water partition coefficient (Wildman–Crippen LogP) is 8.68. The fourth-order valence-corrected chi connectivity index (χ4v) is 2.96. The van der Waals surface area contributed by atoms with Crippen molar-refractivity contribution in [2.75, 3.05) is 6.67 Å². The first kappa shape index (κ1) is 25.6. The Morgan fingerprint density at radius 3 is 2.04 bits per heavy atom. The van der Waals surface area contributed by atoms with Crippen molar-refractivity contribution in [1.29, 1.82) is 0 Å². The van der Waals surface area contributed by atoms with Crippen molar-refractivity contribution in [2.45, 2.75) is 106 Å². The Labute approximate surface area is 153 Å². The molecule has 0 N–H and O–H groups in total. The first-order chi connectivity index (χ1) is 11.6. The zero-order valence-corrected chi connectivity index (χ0v) is 17.5. The lowest BCUT2D eigenvalue weighted by Crippen LogP contribution is -2.00. The zero-order chi connectivity index (χ0) is 18.6. The number of hydrogen-bond donors (Lipinski definition) is 0. The third kappa shape index (κ3) is 16.3. The van der Waals surface area contributed by atoms with E-state index in [9.17, 15) is 4.39 Å². The minimum absolute atomic E-state index is 0.133. The van der Waals surface area contributed by atoms with Crippen LogP contribution in [0, 0.1) is 11.8 Å². The van der Waals surface area contributed by atoms with Crippen molar-refractivity contribution in [3.8, 4) is 0 Å². The Hall–Kier alpha value is -0.590. The number of alkyl halides is 1. The van der Waals surface area contributed by atoms with E-state index in [1.54, 1.807) is 5.57 Å². The van der Waals surface area contributed by atoms with Crippen LogP contribution in [-0.2, 0) is 0 Å². The van der Waals surface area contributed by atoms with Crippen LogP contribution in [0.4, 0.5) is 4.39 Å². The Bertz CT molecular complexity index is 282. The Kier molecular flexibility index (Phi) is 21.9. The summed E-state index contributed by atoms with van der Waals surface area (Å²) in [5.74, 6) is 1.55. The van der Waals surface area contributed by atoms with Crippen molar-refractivity contribution < 1.29 is 4.39 Å². The van der Waals surface area contributed by atoms with E-state index in [1.165, 1.54) is 51.4 Å². The molecule has 0 aliphatic carbocycles. The van der Waals surface area contributed by atoms with Gasteiger partial charge in [-0.2, -0.15) is 0 Å². The highest BCUT2D eigenvalue weighted by Gasteiger charge is 2.06. The minimum atomic E-state index is -0.133.